The molecular formula is C35H22. The van der Waals surface area contributed by atoms with Crippen LogP contribution in [0.25, 0.3) is 54.9 Å². The van der Waals surface area contributed by atoms with Crippen LogP contribution in [0.1, 0.15) is 33.4 Å². The Morgan fingerprint density at radius 2 is 0.829 bits per heavy atom. The van der Waals surface area contributed by atoms with Crippen LogP contribution >= 0.6 is 0 Å². The van der Waals surface area contributed by atoms with Crippen molar-refractivity contribution < 1.29 is 0 Å². The first-order valence-corrected chi connectivity index (χ1v) is 12.7. The molecule has 35 heavy (non-hydrogen) atoms. The van der Waals surface area contributed by atoms with Crippen LogP contribution in [0.3, 0.4) is 0 Å². The van der Waals surface area contributed by atoms with E-state index in [4.69, 9.17) is 0 Å². The van der Waals surface area contributed by atoms with Crippen molar-refractivity contribution in [2.75, 3.05) is 0 Å². The van der Waals surface area contributed by atoms with Crippen molar-refractivity contribution in [2.45, 2.75) is 19.3 Å². The summed E-state index contributed by atoms with van der Waals surface area (Å²) in [5.41, 5.74) is 17.9. The lowest BCUT2D eigenvalue weighted by Crippen LogP contribution is -1.93. The van der Waals surface area contributed by atoms with Crippen molar-refractivity contribution in [3.8, 4) is 33.4 Å². The highest BCUT2D eigenvalue weighted by atomic mass is 14.4. The summed E-state index contributed by atoms with van der Waals surface area (Å²) in [5, 5.41) is 5.45. The number of benzene rings is 6. The molecule has 9 rings (SSSR count). The third-order valence-electron chi connectivity index (χ3n) is 8.82. The van der Waals surface area contributed by atoms with Gasteiger partial charge in [0.1, 0.15) is 0 Å². The maximum absolute atomic E-state index is 2.42. The third-order valence-corrected chi connectivity index (χ3v) is 8.82. The molecule has 162 valence electrons. The minimum Gasteiger partial charge on any atom is -0.0616 e. The van der Waals surface area contributed by atoms with Crippen molar-refractivity contribution in [2.24, 2.45) is 0 Å². The van der Waals surface area contributed by atoms with Crippen molar-refractivity contribution in [1.82, 2.24) is 0 Å². The maximum atomic E-state index is 2.42. The quantitative estimate of drug-likeness (QED) is 0.220. The highest BCUT2D eigenvalue weighted by molar-refractivity contribution is 5.98. The average molecular weight is 443 g/mol. The normalized spacial score (nSPS) is 13.9. The van der Waals surface area contributed by atoms with Crippen LogP contribution in [0, 0.1) is 0 Å². The van der Waals surface area contributed by atoms with Gasteiger partial charge in [0, 0.05) is 0 Å². The topological polar surface area (TPSA) is 0 Å². The monoisotopic (exact) mass is 442 g/mol. The molecular weight excluding hydrogens is 420 g/mol. The van der Waals surface area contributed by atoms with Crippen LogP contribution in [0.5, 0.6) is 0 Å². The molecule has 0 atom stereocenters. The molecule has 6 aromatic rings. The van der Waals surface area contributed by atoms with Crippen molar-refractivity contribution >= 4 is 21.5 Å². The summed E-state index contributed by atoms with van der Waals surface area (Å²) in [6.45, 7) is 0. The van der Waals surface area contributed by atoms with Gasteiger partial charge >= 0.3 is 0 Å². The van der Waals surface area contributed by atoms with E-state index in [9.17, 15) is 0 Å². The second-order valence-electron chi connectivity index (χ2n) is 10.4. The predicted molar refractivity (Wildman–Crippen MR) is 146 cm³/mol. The number of hydrogen-bond acceptors (Lipinski definition) is 0. The average Bonchev–Trinajstić information content (AvgIpc) is 3.58. The van der Waals surface area contributed by atoms with Gasteiger partial charge in [0.25, 0.3) is 0 Å². The van der Waals surface area contributed by atoms with Gasteiger partial charge in [0.05, 0.1) is 0 Å². The van der Waals surface area contributed by atoms with Crippen LogP contribution in [0.15, 0.2) is 97.1 Å². The molecule has 0 spiro atoms. The molecule has 3 aliphatic rings. The van der Waals surface area contributed by atoms with Crippen molar-refractivity contribution in [3.63, 3.8) is 0 Å². The van der Waals surface area contributed by atoms with Gasteiger partial charge in [-0.1, -0.05) is 91.0 Å². The third kappa shape index (κ3) is 2.27. The zero-order valence-electron chi connectivity index (χ0n) is 19.4. The van der Waals surface area contributed by atoms with Gasteiger partial charge < -0.3 is 0 Å². The lowest BCUT2D eigenvalue weighted by atomic mass is 9.96. The summed E-state index contributed by atoms with van der Waals surface area (Å²) < 4.78 is 0. The van der Waals surface area contributed by atoms with E-state index >= 15 is 0 Å². The van der Waals surface area contributed by atoms with Crippen molar-refractivity contribution in [3.05, 3.63) is 130 Å². The Hall–Kier alpha value is -4.16. The van der Waals surface area contributed by atoms with Gasteiger partial charge in [-0.15, -0.1) is 0 Å². The van der Waals surface area contributed by atoms with Crippen LogP contribution in [-0.2, 0) is 19.3 Å². The SMILES string of the molecule is c1ccc2cc3c(cc2c1)Cc1c-3ccc2c1Cc1c-2ccc2c1Cc1c-2ccc2ccccc12. The van der Waals surface area contributed by atoms with Gasteiger partial charge in [-0.3, -0.25) is 0 Å². The Morgan fingerprint density at radius 1 is 0.343 bits per heavy atom. The Kier molecular flexibility index (Phi) is 3.27. The minimum atomic E-state index is 1.05. The summed E-state index contributed by atoms with van der Waals surface area (Å²) in [4.78, 5) is 0. The molecule has 0 heteroatoms. The van der Waals surface area contributed by atoms with Crippen molar-refractivity contribution in [1.29, 1.82) is 0 Å². The summed E-state index contributed by atoms with van der Waals surface area (Å²) >= 11 is 0. The van der Waals surface area contributed by atoms with Gasteiger partial charge in [0.2, 0.25) is 0 Å². The van der Waals surface area contributed by atoms with E-state index in [1.807, 2.05) is 0 Å². The highest BCUT2D eigenvalue weighted by Gasteiger charge is 2.32. The second-order valence-corrected chi connectivity index (χ2v) is 10.4. The zero-order valence-corrected chi connectivity index (χ0v) is 19.4. The first kappa shape index (κ1) is 18.2. The molecule has 0 aliphatic heterocycles. The zero-order chi connectivity index (χ0) is 22.7. The maximum Gasteiger partial charge on any atom is -0.000421 e. The van der Waals surface area contributed by atoms with Crippen LogP contribution in [0.4, 0.5) is 0 Å². The van der Waals surface area contributed by atoms with Crippen LogP contribution < -0.4 is 0 Å². The molecule has 0 radical (unpaired) electrons. The summed E-state index contributed by atoms with van der Waals surface area (Å²) in [5.74, 6) is 0. The molecule has 6 aromatic carbocycles. The number of hydrogen-bond donors (Lipinski definition) is 0. The molecule has 0 aromatic heterocycles. The molecule has 0 N–H and O–H groups in total. The van der Waals surface area contributed by atoms with Gasteiger partial charge in [-0.05, 0) is 114 Å². The van der Waals surface area contributed by atoms with E-state index in [0.29, 0.717) is 0 Å². The summed E-state index contributed by atoms with van der Waals surface area (Å²) in [7, 11) is 0. The lowest BCUT2D eigenvalue weighted by Gasteiger charge is -2.08. The standard InChI is InChI=1S/C35H22/c1-2-7-22-16-30-23(15-21(22)6-1)17-31-29(30)14-13-27-28-12-11-26-25-10-9-20-5-3-4-8-24(20)32(25)18-34(26)35(28)19-33(27)31/h1-16H,17-19H2. The minimum absolute atomic E-state index is 1.05. The number of fused-ring (bicyclic) bond motifs is 14. The fraction of sp³-hybridized carbons (Fsp3) is 0.0857. The molecule has 0 fully saturated rings. The fourth-order valence-electron chi connectivity index (χ4n) is 7.21. The highest BCUT2D eigenvalue weighted by Crippen LogP contribution is 2.51. The van der Waals surface area contributed by atoms with Gasteiger partial charge in [0.15, 0.2) is 0 Å². The predicted octanol–water partition coefficient (Wildman–Crippen LogP) is 8.71. The Labute approximate surface area is 204 Å². The summed E-state index contributed by atoms with van der Waals surface area (Å²) in [6, 6.07) is 36.7. The largest absolute Gasteiger partial charge is 0.0616 e. The Balaban J connectivity index is 1.20. The Bertz CT molecular complexity index is 1920. The van der Waals surface area contributed by atoms with Crippen LogP contribution in [-0.4, -0.2) is 0 Å². The molecule has 0 bridgehead atoms. The molecule has 0 nitrogen and oxygen atoms in total. The van der Waals surface area contributed by atoms with E-state index in [-0.39, 0.29) is 0 Å². The first-order valence-electron chi connectivity index (χ1n) is 12.7. The van der Waals surface area contributed by atoms with Gasteiger partial charge in [-0.25, -0.2) is 0 Å². The molecule has 0 unspecified atom stereocenters. The second kappa shape index (κ2) is 6.29. The Morgan fingerprint density at radius 3 is 1.54 bits per heavy atom. The molecule has 0 amide bonds. The first-order chi connectivity index (χ1) is 17.3. The van der Waals surface area contributed by atoms with E-state index in [1.165, 1.54) is 66.1 Å². The smallest absolute Gasteiger partial charge is 0.000421 e. The van der Waals surface area contributed by atoms with Crippen LogP contribution in [0.2, 0.25) is 0 Å². The molecule has 0 heterocycles. The summed E-state index contributed by atoms with van der Waals surface area (Å²) in [6.07, 6.45) is 3.17. The molecule has 0 saturated heterocycles. The van der Waals surface area contributed by atoms with E-state index in [0.717, 1.165) is 19.3 Å². The molecule has 3 aliphatic carbocycles. The fourth-order valence-corrected chi connectivity index (χ4v) is 7.21. The number of rotatable bonds is 0. The van der Waals surface area contributed by atoms with E-state index < -0.39 is 0 Å². The molecule has 0 saturated carbocycles. The van der Waals surface area contributed by atoms with E-state index in [1.54, 1.807) is 22.3 Å². The van der Waals surface area contributed by atoms with Gasteiger partial charge in [-0.2, -0.15) is 0 Å². The van der Waals surface area contributed by atoms with E-state index in [2.05, 4.69) is 97.1 Å². The lowest BCUT2D eigenvalue weighted by molar-refractivity contribution is 1.13.